The Morgan fingerprint density at radius 1 is 1.11 bits per heavy atom. The lowest BCUT2D eigenvalue weighted by Crippen LogP contribution is -2.46. The molecule has 0 unspecified atom stereocenters. The van der Waals surface area contributed by atoms with Gasteiger partial charge in [0.1, 0.15) is 21.3 Å². The predicted octanol–water partition coefficient (Wildman–Crippen LogP) is 2.58. The molecule has 3 aromatic heterocycles. The van der Waals surface area contributed by atoms with Crippen LogP contribution in [-0.2, 0) is 9.84 Å². The summed E-state index contributed by atoms with van der Waals surface area (Å²) < 4.78 is 27.9. The molecule has 0 aliphatic carbocycles. The van der Waals surface area contributed by atoms with Crippen LogP contribution in [0.4, 0.5) is 11.5 Å². The van der Waals surface area contributed by atoms with Gasteiger partial charge >= 0.3 is 0 Å². The number of aromatic amines is 1. The second-order valence-corrected chi connectivity index (χ2v) is 11.2. The molecule has 0 saturated carbocycles. The highest BCUT2D eigenvalue weighted by atomic mass is 32.2. The second-order valence-electron chi connectivity index (χ2n) is 8.91. The minimum Gasteiger partial charge on any atom is -0.480 e. The molecule has 10 nitrogen and oxygen atoms in total. The van der Waals surface area contributed by atoms with Gasteiger partial charge in [0.25, 0.3) is 5.56 Å². The number of fused-ring (bicyclic) bond motifs is 1. The van der Waals surface area contributed by atoms with Crippen LogP contribution in [0.25, 0.3) is 22.2 Å². The first-order chi connectivity index (χ1) is 17.3. The Kier molecular flexibility index (Phi) is 6.42. The topological polar surface area (TPSA) is 130 Å². The number of benzene rings is 1. The van der Waals surface area contributed by atoms with E-state index in [1.54, 1.807) is 18.5 Å². The fraction of sp³-hybridized carbons (Fsp3) is 0.280. The molecule has 0 spiro atoms. The summed E-state index contributed by atoms with van der Waals surface area (Å²) in [6.45, 7) is 2.25. The largest absolute Gasteiger partial charge is 0.480 e. The third kappa shape index (κ3) is 5.21. The maximum absolute atomic E-state index is 12.6. The van der Waals surface area contributed by atoms with Gasteiger partial charge < -0.3 is 19.9 Å². The molecule has 1 saturated heterocycles. The number of likely N-dealkylation sites (tertiary alicyclic amines) is 1. The van der Waals surface area contributed by atoms with E-state index in [9.17, 15) is 13.2 Å². The molecule has 1 aliphatic rings. The Morgan fingerprint density at radius 3 is 2.61 bits per heavy atom. The highest BCUT2D eigenvalue weighted by Gasteiger charge is 2.28. The molecule has 1 fully saturated rings. The highest BCUT2D eigenvalue weighted by molar-refractivity contribution is 7.90. The number of methoxy groups -OCH3 is 1. The van der Waals surface area contributed by atoms with Crippen molar-refractivity contribution in [1.82, 2.24) is 24.8 Å². The van der Waals surface area contributed by atoms with Crippen molar-refractivity contribution >= 4 is 32.1 Å². The van der Waals surface area contributed by atoms with Crippen LogP contribution in [0, 0.1) is 0 Å². The smallest absolute Gasteiger partial charge is 0.259 e. The lowest BCUT2D eigenvalue weighted by molar-refractivity contribution is 0.158. The normalized spacial score (nSPS) is 14.5. The quantitative estimate of drug-likeness (QED) is 0.370. The molecule has 1 aliphatic heterocycles. The number of anilines is 2. The van der Waals surface area contributed by atoms with Crippen LogP contribution < -0.4 is 15.6 Å². The van der Waals surface area contributed by atoms with Gasteiger partial charge in [0.15, 0.2) is 0 Å². The van der Waals surface area contributed by atoms with Gasteiger partial charge in [-0.25, -0.2) is 18.4 Å². The van der Waals surface area contributed by atoms with Gasteiger partial charge in [0.05, 0.1) is 36.3 Å². The van der Waals surface area contributed by atoms with E-state index >= 15 is 0 Å². The molecular weight excluding hydrogens is 480 g/mol. The Bertz CT molecular complexity index is 1560. The zero-order valence-electron chi connectivity index (χ0n) is 19.9. The van der Waals surface area contributed by atoms with Crippen LogP contribution in [0.5, 0.6) is 5.88 Å². The zero-order chi connectivity index (χ0) is 25.3. The number of H-pyrrole nitrogens is 1. The SMILES string of the molecule is COc1cncc(-c2cc3cc[nH]c(=O)c3c(Nc3ccc(C4CN(CCS(C)(=O)=O)C4)cc3)n2)n1. The number of rotatable bonds is 8. The molecule has 4 aromatic rings. The molecule has 1 aromatic carbocycles. The standard InChI is InChI=1S/C25H26N6O4S/c1-35-22-13-26-12-21(29-22)20-11-17-7-8-27-25(32)23(17)24(30-20)28-19-5-3-16(4-6-19)18-14-31(15-18)9-10-36(2,33)34/h3-8,11-13,18H,9-10,14-15H2,1-2H3,(H,27,32)(H,28,30). The Labute approximate surface area is 208 Å². The van der Waals surface area contributed by atoms with Gasteiger partial charge in [0, 0.05) is 43.7 Å². The van der Waals surface area contributed by atoms with Crippen molar-refractivity contribution in [2.75, 3.05) is 44.1 Å². The number of sulfone groups is 1. The summed E-state index contributed by atoms with van der Waals surface area (Å²) >= 11 is 0. The van der Waals surface area contributed by atoms with Crippen molar-refractivity contribution < 1.29 is 13.2 Å². The number of ether oxygens (including phenoxy) is 1. The van der Waals surface area contributed by atoms with E-state index in [0.29, 0.717) is 40.9 Å². The summed E-state index contributed by atoms with van der Waals surface area (Å²) in [7, 11) is -1.43. The van der Waals surface area contributed by atoms with Crippen LogP contribution in [0.2, 0.25) is 0 Å². The maximum atomic E-state index is 12.6. The van der Waals surface area contributed by atoms with Crippen LogP contribution in [0.15, 0.2) is 59.8 Å². The Balaban J connectivity index is 1.38. The Hall–Kier alpha value is -3.83. The van der Waals surface area contributed by atoms with E-state index in [-0.39, 0.29) is 11.3 Å². The van der Waals surface area contributed by atoms with Crippen molar-refractivity contribution in [2.45, 2.75) is 5.92 Å². The lowest BCUT2D eigenvalue weighted by Gasteiger charge is -2.39. The van der Waals surface area contributed by atoms with Gasteiger partial charge in [-0.2, -0.15) is 0 Å². The number of pyridine rings is 2. The molecule has 0 bridgehead atoms. The van der Waals surface area contributed by atoms with Gasteiger partial charge in [-0.05, 0) is 35.2 Å². The first-order valence-electron chi connectivity index (χ1n) is 11.4. The number of nitrogens with zero attached hydrogens (tertiary/aromatic N) is 4. The lowest BCUT2D eigenvalue weighted by atomic mass is 9.91. The first-order valence-corrected chi connectivity index (χ1v) is 13.5. The van der Waals surface area contributed by atoms with Crippen molar-refractivity contribution in [1.29, 1.82) is 0 Å². The average Bonchev–Trinajstić information content (AvgIpc) is 2.83. The maximum Gasteiger partial charge on any atom is 0.259 e. The van der Waals surface area contributed by atoms with E-state index < -0.39 is 9.84 Å². The fourth-order valence-electron chi connectivity index (χ4n) is 4.24. The predicted molar refractivity (Wildman–Crippen MR) is 139 cm³/mol. The molecule has 5 rings (SSSR count). The van der Waals surface area contributed by atoms with E-state index in [4.69, 9.17) is 9.72 Å². The van der Waals surface area contributed by atoms with Crippen molar-refractivity contribution in [2.24, 2.45) is 0 Å². The molecular formula is C25H26N6O4S. The van der Waals surface area contributed by atoms with Crippen molar-refractivity contribution in [3.63, 3.8) is 0 Å². The van der Waals surface area contributed by atoms with Crippen LogP contribution in [0.1, 0.15) is 11.5 Å². The van der Waals surface area contributed by atoms with Gasteiger partial charge in [-0.3, -0.25) is 9.78 Å². The molecule has 0 atom stereocenters. The first kappa shape index (κ1) is 23.9. The highest BCUT2D eigenvalue weighted by Crippen LogP contribution is 2.30. The molecule has 2 N–H and O–H groups in total. The molecule has 0 amide bonds. The summed E-state index contributed by atoms with van der Waals surface area (Å²) in [4.78, 5) is 30.8. The van der Waals surface area contributed by atoms with Crippen LogP contribution >= 0.6 is 0 Å². The summed E-state index contributed by atoms with van der Waals surface area (Å²) in [5, 5.41) is 4.45. The zero-order valence-corrected chi connectivity index (χ0v) is 20.7. The minimum absolute atomic E-state index is 0.184. The molecule has 186 valence electrons. The van der Waals surface area contributed by atoms with Crippen LogP contribution in [0.3, 0.4) is 0 Å². The van der Waals surface area contributed by atoms with E-state index in [1.807, 2.05) is 30.3 Å². The minimum atomic E-state index is -2.95. The Morgan fingerprint density at radius 2 is 1.89 bits per heavy atom. The molecule has 0 radical (unpaired) electrons. The third-order valence-corrected chi connectivity index (χ3v) is 7.14. The van der Waals surface area contributed by atoms with Crippen molar-refractivity contribution in [3.05, 3.63) is 70.9 Å². The summed E-state index contributed by atoms with van der Waals surface area (Å²) in [6, 6.07) is 11.6. The number of aromatic nitrogens is 4. The number of hydrogen-bond donors (Lipinski definition) is 2. The fourth-order valence-corrected chi connectivity index (χ4v) is 4.83. The van der Waals surface area contributed by atoms with E-state index in [1.165, 1.54) is 25.1 Å². The molecule has 36 heavy (non-hydrogen) atoms. The van der Waals surface area contributed by atoms with Crippen molar-refractivity contribution in [3.8, 4) is 17.3 Å². The number of hydrogen-bond acceptors (Lipinski definition) is 9. The molecule has 11 heteroatoms. The van der Waals surface area contributed by atoms with Gasteiger partial charge in [0.2, 0.25) is 5.88 Å². The number of nitrogens with one attached hydrogen (secondary N) is 2. The van der Waals surface area contributed by atoms with Gasteiger partial charge in [-0.15, -0.1) is 0 Å². The summed E-state index contributed by atoms with van der Waals surface area (Å²) in [5.74, 6) is 1.34. The van der Waals surface area contributed by atoms with E-state index in [0.717, 1.165) is 24.2 Å². The second kappa shape index (κ2) is 9.67. The van der Waals surface area contributed by atoms with Crippen LogP contribution in [-0.4, -0.2) is 72.0 Å². The molecule has 4 heterocycles. The summed E-state index contributed by atoms with van der Waals surface area (Å²) in [5.41, 5.74) is 2.82. The monoisotopic (exact) mass is 506 g/mol. The van der Waals surface area contributed by atoms with E-state index in [2.05, 4.69) is 25.2 Å². The van der Waals surface area contributed by atoms with Gasteiger partial charge in [-0.1, -0.05) is 12.1 Å². The summed E-state index contributed by atoms with van der Waals surface area (Å²) in [6.07, 6.45) is 5.98. The third-order valence-electron chi connectivity index (χ3n) is 6.22. The average molecular weight is 507 g/mol.